The number of fused-ring (bicyclic) bond motifs is 4. The van der Waals surface area contributed by atoms with Crippen molar-refractivity contribution in [2.24, 2.45) is 0 Å². The largest absolute Gasteiger partial charge is 0.368 e. The number of aryl methyl sites for hydroxylation is 2. The van der Waals surface area contributed by atoms with Gasteiger partial charge < -0.3 is 14.7 Å². The van der Waals surface area contributed by atoms with Crippen LogP contribution in [0.15, 0.2) is 66.7 Å². The van der Waals surface area contributed by atoms with E-state index in [1.165, 1.54) is 22.4 Å². The van der Waals surface area contributed by atoms with Gasteiger partial charge in [-0.2, -0.15) is 0 Å². The molecule has 3 aliphatic heterocycles. The van der Waals surface area contributed by atoms with E-state index >= 15 is 0 Å². The summed E-state index contributed by atoms with van der Waals surface area (Å²) in [6.07, 6.45) is 0.829. The predicted octanol–water partition coefficient (Wildman–Crippen LogP) is 4.49. The molecule has 2 atom stereocenters. The third-order valence-electron chi connectivity index (χ3n) is 8.00. The highest BCUT2D eigenvalue weighted by Crippen LogP contribution is 2.46. The van der Waals surface area contributed by atoms with Crippen LogP contribution in [0, 0.1) is 13.8 Å². The minimum absolute atomic E-state index is 0.0453. The molecule has 2 amide bonds. The van der Waals surface area contributed by atoms with E-state index in [2.05, 4.69) is 55.1 Å². The zero-order valence-corrected chi connectivity index (χ0v) is 20.4. The van der Waals surface area contributed by atoms with Gasteiger partial charge in [0.25, 0.3) is 5.91 Å². The van der Waals surface area contributed by atoms with Crippen LogP contribution >= 0.6 is 0 Å². The summed E-state index contributed by atoms with van der Waals surface area (Å²) in [5, 5.41) is 0. The molecule has 0 radical (unpaired) electrons. The highest BCUT2D eigenvalue weighted by Gasteiger charge is 2.47. The molecule has 0 bridgehead atoms. The van der Waals surface area contributed by atoms with Crippen LogP contribution < -0.4 is 4.90 Å². The van der Waals surface area contributed by atoms with Crippen LogP contribution in [-0.2, 0) is 11.2 Å². The van der Waals surface area contributed by atoms with Crippen molar-refractivity contribution in [3.8, 4) is 0 Å². The van der Waals surface area contributed by atoms with Gasteiger partial charge in [-0.15, -0.1) is 0 Å². The number of nitrogens with zero attached hydrogens (tertiary/aromatic N) is 3. The van der Waals surface area contributed by atoms with Gasteiger partial charge >= 0.3 is 0 Å². The summed E-state index contributed by atoms with van der Waals surface area (Å²) >= 11 is 0. The first-order chi connectivity index (χ1) is 17.0. The van der Waals surface area contributed by atoms with Gasteiger partial charge in [0.2, 0.25) is 5.91 Å². The molecule has 0 saturated carbocycles. The average Bonchev–Trinajstić information content (AvgIpc) is 2.90. The Balaban J connectivity index is 1.33. The summed E-state index contributed by atoms with van der Waals surface area (Å²) in [6, 6.07) is 22.4. The third kappa shape index (κ3) is 3.61. The van der Waals surface area contributed by atoms with Crippen LogP contribution in [0.3, 0.4) is 0 Å². The molecule has 1 fully saturated rings. The Morgan fingerprint density at radius 3 is 2.34 bits per heavy atom. The third-order valence-corrected chi connectivity index (χ3v) is 8.00. The van der Waals surface area contributed by atoms with Gasteiger partial charge in [-0.05, 0) is 60.2 Å². The first-order valence-electron chi connectivity index (χ1n) is 12.6. The number of carbonyl (C=O) groups excluding carboxylic acids is 2. The maximum atomic E-state index is 14.2. The van der Waals surface area contributed by atoms with Crippen LogP contribution in [0.2, 0.25) is 0 Å². The molecule has 0 aromatic heterocycles. The monoisotopic (exact) mass is 465 g/mol. The number of hydrogen-bond donors (Lipinski definition) is 0. The smallest absolute Gasteiger partial charge is 0.254 e. The summed E-state index contributed by atoms with van der Waals surface area (Å²) in [4.78, 5) is 34.0. The second kappa shape index (κ2) is 8.56. The van der Waals surface area contributed by atoms with Crippen molar-refractivity contribution in [2.75, 3.05) is 37.6 Å². The van der Waals surface area contributed by atoms with Gasteiger partial charge in [0, 0.05) is 44.0 Å². The molecular weight excluding hydrogens is 434 g/mol. The van der Waals surface area contributed by atoms with E-state index in [1.54, 1.807) is 0 Å². The quantitative estimate of drug-likeness (QED) is 0.560. The van der Waals surface area contributed by atoms with Crippen LogP contribution in [0.5, 0.6) is 0 Å². The van der Waals surface area contributed by atoms with Crippen molar-refractivity contribution in [1.29, 1.82) is 0 Å². The van der Waals surface area contributed by atoms with E-state index in [9.17, 15) is 9.59 Å². The Bertz CT molecular complexity index is 1310. The van der Waals surface area contributed by atoms with Gasteiger partial charge in [-0.25, -0.2) is 0 Å². The van der Waals surface area contributed by atoms with Crippen molar-refractivity contribution in [3.63, 3.8) is 0 Å². The Hall–Kier alpha value is -3.60. The van der Waals surface area contributed by atoms with Crippen LogP contribution in [0.1, 0.15) is 50.1 Å². The second-order valence-electron chi connectivity index (χ2n) is 10.1. The van der Waals surface area contributed by atoms with E-state index in [4.69, 9.17) is 0 Å². The van der Waals surface area contributed by atoms with Gasteiger partial charge in [0.05, 0.1) is 12.0 Å². The van der Waals surface area contributed by atoms with E-state index in [0.717, 1.165) is 30.6 Å². The lowest BCUT2D eigenvalue weighted by molar-refractivity contribution is -0.135. The topological polar surface area (TPSA) is 43.9 Å². The number of carbonyl (C=O) groups is 2. The number of benzene rings is 3. The molecule has 3 heterocycles. The Morgan fingerprint density at radius 2 is 1.54 bits per heavy atom. The Kier molecular flexibility index (Phi) is 5.36. The lowest BCUT2D eigenvalue weighted by Crippen LogP contribution is -2.54. The van der Waals surface area contributed by atoms with Crippen LogP contribution in [0.25, 0.3) is 0 Å². The average molecular weight is 466 g/mol. The molecule has 0 spiro atoms. The lowest BCUT2D eigenvalue weighted by Gasteiger charge is -2.47. The highest BCUT2D eigenvalue weighted by atomic mass is 16.2. The van der Waals surface area contributed by atoms with E-state index in [0.29, 0.717) is 25.2 Å². The fourth-order valence-electron chi connectivity index (χ4n) is 6.17. The molecule has 0 aliphatic carbocycles. The molecule has 35 heavy (non-hydrogen) atoms. The molecule has 0 unspecified atom stereocenters. The predicted molar refractivity (Wildman–Crippen MR) is 138 cm³/mol. The number of anilines is 1. The van der Waals surface area contributed by atoms with Gasteiger partial charge in [-0.1, -0.05) is 54.6 Å². The summed E-state index contributed by atoms with van der Waals surface area (Å²) in [6.45, 7) is 7.93. The van der Waals surface area contributed by atoms with E-state index in [1.807, 2.05) is 40.1 Å². The zero-order chi connectivity index (χ0) is 24.1. The molecular formula is C30H31N3O2. The highest BCUT2D eigenvalue weighted by molar-refractivity contribution is 6.01. The van der Waals surface area contributed by atoms with Crippen LogP contribution in [-0.4, -0.2) is 54.3 Å². The molecule has 3 aromatic rings. The molecule has 3 aromatic carbocycles. The zero-order valence-electron chi connectivity index (χ0n) is 20.4. The van der Waals surface area contributed by atoms with E-state index < -0.39 is 0 Å². The SMILES string of the molecule is Cc1ccc(C)c(N2CCN(C(=O)[C@H]3c4ccccc4C(=O)N4CCc5ccccc5[C@H]34)CC2)c1. The Morgan fingerprint density at radius 1 is 0.829 bits per heavy atom. The molecule has 3 aliphatic rings. The van der Waals surface area contributed by atoms with Crippen molar-refractivity contribution < 1.29 is 9.59 Å². The van der Waals surface area contributed by atoms with Gasteiger partial charge in [0.1, 0.15) is 0 Å². The summed E-state index contributed by atoms with van der Waals surface area (Å²) in [7, 11) is 0. The van der Waals surface area contributed by atoms with Crippen molar-refractivity contribution in [2.45, 2.75) is 32.2 Å². The number of piperazine rings is 1. The second-order valence-corrected chi connectivity index (χ2v) is 10.1. The Labute approximate surface area is 207 Å². The van der Waals surface area contributed by atoms with Crippen molar-refractivity contribution in [1.82, 2.24) is 9.80 Å². The normalized spacial score (nSPS) is 21.3. The maximum absolute atomic E-state index is 14.2. The standard InChI is InChI=1S/C30H31N3O2/c1-20-11-12-21(2)26(19-20)31-15-17-32(18-16-31)30(35)27-24-9-5-6-10-25(24)29(34)33-14-13-22-7-3-4-8-23(22)28(27)33/h3-12,19,27-28H,13-18H2,1-2H3/t27-,28+/m0/s1. The molecule has 5 heteroatoms. The number of amides is 2. The molecule has 1 saturated heterocycles. The van der Waals surface area contributed by atoms with Gasteiger partial charge in [-0.3, -0.25) is 9.59 Å². The van der Waals surface area contributed by atoms with Crippen molar-refractivity contribution >= 4 is 17.5 Å². The number of rotatable bonds is 2. The molecule has 178 valence electrons. The van der Waals surface area contributed by atoms with Crippen molar-refractivity contribution in [3.05, 3.63) is 100 Å². The minimum Gasteiger partial charge on any atom is -0.368 e. The fourth-order valence-corrected chi connectivity index (χ4v) is 6.17. The van der Waals surface area contributed by atoms with Crippen LogP contribution in [0.4, 0.5) is 5.69 Å². The fraction of sp³-hybridized carbons (Fsp3) is 0.333. The maximum Gasteiger partial charge on any atom is 0.254 e. The first kappa shape index (κ1) is 21.9. The lowest BCUT2D eigenvalue weighted by atomic mass is 9.75. The summed E-state index contributed by atoms with van der Waals surface area (Å²) in [5.74, 6) is -0.196. The molecule has 6 rings (SSSR count). The molecule has 0 N–H and O–H groups in total. The number of hydrogen-bond acceptors (Lipinski definition) is 3. The molecule has 5 nitrogen and oxygen atoms in total. The van der Waals surface area contributed by atoms with Gasteiger partial charge in [0.15, 0.2) is 0 Å². The first-order valence-corrected chi connectivity index (χ1v) is 12.6. The van der Waals surface area contributed by atoms with E-state index in [-0.39, 0.29) is 23.8 Å². The minimum atomic E-state index is -0.377. The summed E-state index contributed by atoms with van der Waals surface area (Å²) < 4.78 is 0. The summed E-state index contributed by atoms with van der Waals surface area (Å²) in [5.41, 5.74) is 7.70.